The second-order valence-corrected chi connectivity index (χ2v) is 3.99. The molecule has 1 aromatic rings. The molecule has 0 radical (unpaired) electrons. The van der Waals surface area contributed by atoms with Gasteiger partial charge in [-0.15, -0.1) is 0 Å². The summed E-state index contributed by atoms with van der Waals surface area (Å²) in [7, 11) is 0. The van der Waals surface area contributed by atoms with Crippen LogP contribution in [0.15, 0.2) is 18.2 Å². The fraction of sp³-hybridized carbons (Fsp3) is 0.300. The molecule has 0 aliphatic carbocycles. The summed E-state index contributed by atoms with van der Waals surface area (Å²) < 4.78 is 0. The van der Waals surface area contributed by atoms with Crippen LogP contribution < -0.4 is 0 Å². The van der Waals surface area contributed by atoms with Crippen molar-refractivity contribution in [2.24, 2.45) is 0 Å². The lowest BCUT2D eigenvalue weighted by molar-refractivity contribution is -0.137. The predicted molar refractivity (Wildman–Crippen MR) is 57.1 cm³/mol. The van der Waals surface area contributed by atoms with Gasteiger partial charge >= 0.3 is 5.97 Å². The Kier molecular flexibility index (Phi) is 3.78. The first-order valence-electron chi connectivity index (χ1n) is 4.17. The lowest BCUT2D eigenvalue weighted by Gasteiger charge is -2.09. The molecular weight excluding hydrogens is 223 g/mol. The molecule has 0 aromatic heterocycles. The first kappa shape index (κ1) is 11.3. The van der Waals surface area contributed by atoms with E-state index in [1.807, 2.05) is 6.92 Å². The van der Waals surface area contributed by atoms with Crippen molar-refractivity contribution in [1.29, 1.82) is 0 Å². The molecule has 0 aliphatic heterocycles. The van der Waals surface area contributed by atoms with Gasteiger partial charge in [0.2, 0.25) is 0 Å². The third kappa shape index (κ3) is 2.89. The summed E-state index contributed by atoms with van der Waals surface area (Å²) in [5.41, 5.74) is 0.891. The zero-order valence-electron chi connectivity index (χ0n) is 7.63. The molecule has 14 heavy (non-hydrogen) atoms. The molecule has 0 heterocycles. The molecule has 1 unspecified atom stereocenters. The molecule has 4 heteroatoms. The summed E-state index contributed by atoms with van der Waals surface area (Å²) in [5, 5.41) is 9.55. The molecule has 1 N–H and O–H groups in total. The van der Waals surface area contributed by atoms with Crippen molar-refractivity contribution < 1.29 is 9.90 Å². The molecule has 76 valence electrons. The molecule has 0 fully saturated rings. The van der Waals surface area contributed by atoms with Crippen molar-refractivity contribution >= 4 is 29.2 Å². The van der Waals surface area contributed by atoms with E-state index in [9.17, 15) is 4.79 Å². The van der Waals surface area contributed by atoms with Gasteiger partial charge in [-0.2, -0.15) is 0 Å². The van der Waals surface area contributed by atoms with E-state index in [0.29, 0.717) is 10.0 Å². The van der Waals surface area contributed by atoms with Crippen LogP contribution in [-0.4, -0.2) is 11.1 Å². The van der Waals surface area contributed by atoms with E-state index in [-0.39, 0.29) is 12.3 Å². The van der Waals surface area contributed by atoms with Crippen molar-refractivity contribution in [1.82, 2.24) is 0 Å². The van der Waals surface area contributed by atoms with Gasteiger partial charge in [0.1, 0.15) is 0 Å². The zero-order valence-corrected chi connectivity index (χ0v) is 9.14. The molecule has 0 spiro atoms. The van der Waals surface area contributed by atoms with Crippen molar-refractivity contribution in [2.45, 2.75) is 19.3 Å². The number of carboxylic acid groups (broad SMARTS) is 1. The van der Waals surface area contributed by atoms with Crippen LogP contribution in [0.4, 0.5) is 0 Å². The van der Waals surface area contributed by atoms with Crippen LogP contribution in [0.25, 0.3) is 0 Å². The third-order valence-electron chi connectivity index (χ3n) is 1.99. The third-order valence-corrected chi connectivity index (χ3v) is 2.73. The smallest absolute Gasteiger partial charge is 0.303 e. The highest BCUT2D eigenvalue weighted by molar-refractivity contribution is 6.42. The zero-order chi connectivity index (χ0) is 10.7. The predicted octanol–water partition coefficient (Wildman–Crippen LogP) is 3.57. The van der Waals surface area contributed by atoms with Crippen LogP contribution in [0.2, 0.25) is 10.0 Å². The van der Waals surface area contributed by atoms with Crippen molar-refractivity contribution in [3.63, 3.8) is 0 Å². The summed E-state index contributed by atoms with van der Waals surface area (Å²) in [5.74, 6) is -0.870. The molecule has 1 aromatic carbocycles. The van der Waals surface area contributed by atoms with E-state index in [0.717, 1.165) is 5.56 Å². The molecule has 1 atom stereocenters. The Labute approximate surface area is 92.5 Å². The first-order valence-corrected chi connectivity index (χ1v) is 4.93. The van der Waals surface area contributed by atoms with Gasteiger partial charge in [-0.1, -0.05) is 36.2 Å². The standard InChI is InChI=1S/C10H10Cl2O2/c1-6(4-10(13)14)7-2-3-8(11)9(12)5-7/h2-3,5-6H,4H2,1H3,(H,13,14). The number of carboxylic acids is 1. The molecule has 0 bridgehead atoms. The van der Waals surface area contributed by atoms with E-state index in [1.165, 1.54) is 0 Å². The number of rotatable bonds is 3. The average molecular weight is 233 g/mol. The molecule has 0 aliphatic rings. The molecule has 0 amide bonds. The molecule has 1 rings (SSSR count). The maximum Gasteiger partial charge on any atom is 0.303 e. The van der Waals surface area contributed by atoms with E-state index in [2.05, 4.69) is 0 Å². The Balaban J connectivity index is 2.85. The van der Waals surface area contributed by atoms with Gasteiger partial charge in [0, 0.05) is 0 Å². The van der Waals surface area contributed by atoms with Gasteiger partial charge < -0.3 is 5.11 Å². The molecular formula is C10H10Cl2O2. The number of hydrogen-bond acceptors (Lipinski definition) is 1. The maximum atomic E-state index is 10.5. The summed E-state index contributed by atoms with van der Waals surface area (Å²) >= 11 is 11.6. The SMILES string of the molecule is CC(CC(=O)O)c1ccc(Cl)c(Cl)c1. The lowest BCUT2D eigenvalue weighted by Crippen LogP contribution is -2.02. The Morgan fingerprint density at radius 3 is 2.57 bits per heavy atom. The van der Waals surface area contributed by atoms with Gasteiger partial charge in [0.05, 0.1) is 16.5 Å². The Morgan fingerprint density at radius 2 is 2.07 bits per heavy atom. The number of carbonyl (C=O) groups is 1. The average Bonchev–Trinajstić information content (AvgIpc) is 2.08. The minimum Gasteiger partial charge on any atom is -0.481 e. The summed E-state index contributed by atoms with van der Waals surface area (Å²) in [4.78, 5) is 10.5. The van der Waals surface area contributed by atoms with Gasteiger partial charge in [0.15, 0.2) is 0 Å². The minimum absolute atomic E-state index is 0.0535. The fourth-order valence-corrected chi connectivity index (χ4v) is 1.51. The Morgan fingerprint density at radius 1 is 1.43 bits per heavy atom. The summed E-state index contributed by atoms with van der Waals surface area (Å²) in [6.07, 6.45) is 0.0952. The van der Waals surface area contributed by atoms with Crippen LogP contribution in [-0.2, 0) is 4.79 Å². The highest BCUT2D eigenvalue weighted by Crippen LogP contribution is 2.27. The first-order chi connectivity index (χ1) is 6.50. The summed E-state index contributed by atoms with van der Waals surface area (Å²) in [6.45, 7) is 1.84. The number of benzene rings is 1. The quantitative estimate of drug-likeness (QED) is 0.866. The Bertz CT molecular complexity index is 350. The molecule has 0 saturated heterocycles. The van der Waals surface area contributed by atoms with Crippen molar-refractivity contribution in [3.8, 4) is 0 Å². The van der Waals surface area contributed by atoms with E-state index < -0.39 is 5.97 Å². The van der Waals surface area contributed by atoms with Crippen LogP contribution in [0.3, 0.4) is 0 Å². The highest BCUT2D eigenvalue weighted by Gasteiger charge is 2.11. The highest BCUT2D eigenvalue weighted by atomic mass is 35.5. The van der Waals surface area contributed by atoms with Crippen LogP contribution in [0.1, 0.15) is 24.8 Å². The normalized spacial score (nSPS) is 12.5. The van der Waals surface area contributed by atoms with Crippen LogP contribution in [0.5, 0.6) is 0 Å². The van der Waals surface area contributed by atoms with Crippen molar-refractivity contribution in [2.75, 3.05) is 0 Å². The van der Waals surface area contributed by atoms with Gasteiger partial charge in [-0.25, -0.2) is 0 Å². The topological polar surface area (TPSA) is 37.3 Å². The number of halogens is 2. The van der Waals surface area contributed by atoms with E-state index >= 15 is 0 Å². The summed E-state index contributed by atoms with van der Waals surface area (Å²) in [6, 6.07) is 5.18. The van der Waals surface area contributed by atoms with Gasteiger partial charge in [-0.3, -0.25) is 4.79 Å². The number of aliphatic carboxylic acids is 1. The monoisotopic (exact) mass is 232 g/mol. The Hall–Kier alpha value is -0.730. The van der Waals surface area contributed by atoms with Crippen LogP contribution in [0, 0.1) is 0 Å². The largest absolute Gasteiger partial charge is 0.481 e. The van der Waals surface area contributed by atoms with Gasteiger partial charge in [-0.05, 0) is 23.6 Å². The molecule has 0 saturated carbocycles. The minimum atomic E-state index is -0.816. The maximum absolute atomic E-state index is 10.5. The second-order valence-electron chi connectivity index (χ2n) is 3.17. The van der Waals surface area contributed by atoms with E-state index in [4.69, 9.17) is 28.3 Å². The fourth-order valence-electron chi connectivity index (χ4n) is 1.20. The number of hydrogen-bond donors (Lipinski definition) is 1. The van der Waals surface area contributed by atoms with E-state index in [1.54, 1.807) is 18.2 Å². The lowest BCUT2D eigenvalue weighted by atomic mass is 9.98. The van der Waals surface area contributed by atoms with Crippen LogP contribution >= 0.6 is 23.2 Å². The van der Waals surface area contributed by atoms with Gasteiger partial charge in [0.25, 0.3) is 0 Å². The second kappa shape index (κ2) is 4.67. The van der Waals surface area contributed by atoms with Crippen molar-refractivity contribution in [3.05, 3.63) is 33.8 Å². The molecule has 2 nitrogen and oxygen atoms in total.